The summed E-state index contributed by atoms with van der Waals surface area (Å²) < 4.78 is 6.96. The molecular formula is C18H25N5O2. The molecule has 2 heterocycles. The van der Waals surface area contributed by atoms with Gasteiger partial charge >= 0.3 is 0 Å². The molecule has 0 spiro atoms. The van der Waals surface area contributed by atoms with Gasteiger partial charge in [0.1, 0.15) is 12.4 Å². The summed E-state index contributed by atoms with van der Waals surface area (Å²) in [6, 6.07) is 9.22. The van der Waals surface area contributed by atoms with Crippen LogP contribution < -0.4 is 11.1 Å². The van der Waals surface area contributed by atoms with E-state index in [0.29, 0.717) is 12.4 Å². The maximum atomic E-state index is 12.7. The summed E-state index contributed by atoms with van der Waals surface area (Å²) >= 11 is 0. The topological polar surface area (TPSA) is 95.1 Å². The molecule has 1 aliphatic rings. The van der Waals surface area contributed by atoms with E-state index < -0.39 is 0 Å². The van der Waals surface area contributed by atoms with Crippen LogP contribution in [0.3, 0.4) is 0 Å². The molecule has 3 N–H and O–H groups in total. The molecule has 3 atom stereocenters. The number of aromatic nitrogens is 3. The van der Waals surface area contributed by atoms with Crippen molar-refractivity contribution in [3.05, 3.63) is 47.5 Å². The Hall–Kier alpha value is -2.25. The van der Waals surface area contributed by atoms with Crippen molar-refractivity contribution in [2.75, 3.05) is 7.11 Å². The highest BCUT2D eigenvalue weighted by molar-refractivity contribution is 5.79. The summed E-state index contributed by atoms with van der Waals surface area (Å²) in [7, 11) is 1.62. The number of hydrogen-bond donors (Lipinski definition) is 2. The van der Waals surface area contributed by atoms with Crippen LogP contribution in [0.1, 0.15) is 49.1 Å². The van der Waals surface area contributed by atoms with Gasteiger partial charge in [-0.05, 0) is 18.4 Å². The fraction of sp³-hybridized carbons (Fsp3) is 0.500. The molecule has 0 radical (unpaired) electrons. The predicted molar refractivity (Wildman–Crippen MR) is 93.4 cm³/mol. The molecule has 0 bridgehead atoms. The number of carbonyl (C=O) groups is 1. The third-order valence-corrected chi connectivity index (χ3v) is 4.65. The Bertz CT molecular complexity index is 716. The predicted octanol–water partition coefficient (Wildman–Crippen LogP) is 1.71. The van der Waals surface area contributed by atoms with Crippen molar-refractivity contribution >= 4 is 5.91 Å². The maximum absolute atomic E-state index is 12.7. The standard InChI is InChI=1S/C18H25N5O2/c1-12(16(19)13-7-4-3-5-8-13)18(24)20-14-9-6-10-23-17(14)21-15(22-23)11-25-2/h3-5,7-8,12,14,16H,6,9-11,19H2,1-2H3,(H,20,24). The zero-order chi connectivity index (χ0) is 17.8. The fourth-order valence-electron chi connectivity index (χ4n) is 3.16. The number of benzene rings is 1. The number of hydrogen-bond acceptors (Lipinski definition) is 5. The molecule has 25 heavy (non-hydrogen) atoms. The van der Waals surface area contributed by atoms with Crippen LogP contribution in [-0.2, 0) is 22.7 Å². The lowest BCUT2D eigenvalue weighted by Crippen LogP contribution is -2.39. The molecule has 0 fully saturated rings. The van der Waals surface area contributed by atoms with Crippen molar-refractivity contribution in [3.63, 3.8) is 0 Å². The highest BCUT2D eigenvalue weighted by atomic mass is 16.5. The van der Waals surface area contributed by atoms with Gasteiger partial charge in [-0.15, -0.1) is 0 Å². The zero-order valence-electron chi connectivity index (χ0n) is 14.7. The van der Waals surface area contributed by atoms with Crippen LogP contribution in [0.2, 0.25) is 0 Å². The Morgan fingerprint density at radius 2 is 2.20 bits per heavy atom. The first-order valence-electron chi connectivity index (χ1n) is 8.63. The van der Waals surface area contributed by atoms with Crippen LogP contribution in [0.25, 0.3) is 0 Å². The van der Waals surface area contributed by atoms with E-state index in [2.05, 4.69) is 15.4 Å². The van der Waals surface area contributed by atoms with E-state index in [-0.39, 0.29) is 23.9 Å². The Labute approximate surface area is 147 Å². The molecule has 1 aromatic carbocycles. The molecule has 2 aromatic rings. The van der Waals surface area contributed by atoms with Crippen molar-refractivity contribution in [1.82, 2.24) is 20.1 Å². The number of amides is 1. The van der Waals surface area contributed by atoms with E-state index in [0.717, 1.165) is 30.8 Å². The highest BCUT2D eigenvalue weighted by Crippen LogP contribution is 2.25. The molecule has 7 heteroatoms. The Morgan fingerprint density at radius 1 is 1.44 bits per heavy atom. The summed E-state index contributed by atoms with van der Waals surface area (Å²) in [6.07, 6.45) is 1.80. The van der Waals surface area contributed by atoms with Crippen molar-refractivity contribution in [2.45, 2.75) is 45.0 Å². The van der Waals surface area contributed by atoms with Gasteiger partial charge in [0, 0.05) is 19.7 Å². The lowest BCUT2D eigenvalue weighted by Gasteiger charge is -2.26. The first-order chi connectivity index (χ1) is 12.1. The molecular weight excluding hydrogens is 318 g/mol. The van der Waals surface area contributed by atoms with E-state index in [9.17, 15) is 4.79 Å². The maximum Gasteiger partial charge on any atom is 0.225 e. The lowest BCUT2D eigenvalue weighted by atomic mass is 9.94. The summed E-state index contributed by atoms with van der Waals surface area (Å²) in [5.74, 6) is 1.05. The Kier molecular flexibility index (Phi) is 5.45. The van der Waals surface area contributed by atoms with Gasteiger partial charge in [0.05, 0.1) is 12.0 Å². The Morgan fingerprint density at radius 3 is 2.92 bits per heavy atom. The van der Waals surface area contributed by atoms with Crippen LogP contribution in [0.5, 0.6) is 0 Å². The van der Waals surface area contributed by atoms with Crippen molar-refractivity contribution in [1.29, 1.82) is 0 Å². The third kappa shape index (κ3) is 3.88. The molecule has 3 unspecified atom stereocenters. The third-order valence-electron chi connectivity index (χ3n) is 4.65. The minimum Gasteiger partial charge on any atom is -0.377 e. The van der Waals surface area contributed by atoms with Gasteiger partial charge < -0.3 is 15.8 Å². The second-order valence-corrected chi connectivity index (χ2v) is 6.47. The molecule has 134 valence electrons. The SMILES string of the molecule is COCc1nc2n(n1)CCCC2NC(=O)C(C)C(N)c1ccccc1. The van der Waals surface area contributed by atoms with E-state index in [1.807, 2.05) is 41.9 Å². The number of methoxy groups -OCH3 is 1. The number of rotatable bonds is 6. The van der Waals surface area contributed by atoms with Gasteiger partial charge in [0.25, 0.3) is 0 Å². The van der Waals surface area contributed by atoms with E-state index >= 15 is 0 Å². The first-order valence-corrected chi connectivity index (χ1v) is 8.63. The van der Waals surface area contributed by atoms with Crippen LogP contribution >= 0.6 is 0 Å². The average Bonchev–Trinajstić information content (AvgIpc) is 3.05. The number of nitrogens with two attached hydrogens (primary N) is 1. The van der Waals surface area contributed by atoms with Gasteiger partial charge in [-0.3, -0.25) is 4.79 Å². The number of aryl methyl sites for hydroxylation is 1. The normalized spacial score (nSPS) is 19.1. The lowest BCUT2D eigenvalue weighted by molar-refractivity contribution is -0.126. The van der Waals surface area contributed by atoms with Gasteiger partial charge in [-0.1, -0.05) is 37.3 Å². The summed E-state index contributed by atoms with van der Waals surface area (Å²) in [5, 5.41) is 7.53. The van der Waals surface area contributed by atoms with Gasteiger partial charge in [0.2, 0.25) is 5.91 Å². The fourth-order valence-corrected chi connectivity index (χ4v) is 3.16. The van der Waals surface area contributed by atoms with Crippen LogP contribution in [-0.4, -0.2) is 27.8 Å². The van der Waals surface area contributed by atoms with Crippen LogP contribution in [0.15, 0.2) is 30.3 Å². The number of fused-ring (bicyclic) bond motifs is 1. The number of ether oxygens (including phenoxy) is 1. The second kappa shape index (κ2) is 7.76. The van der Waals surface area contributed by atoms with Gasteiger partial charge in [-0.25, -0.2) is 9.67 Å². The van der Waals surface area contributed by atoms with Crippen LogP contribution in [0.4, 0.5) is 0 Å². The van der Waals surface area contributed by atoms with E-state index in [1.165, 1.54) is 0 Å². The quantitative estimate of drug-likeness (QED) is 0.832. The summed E-state index contributed by atoms with van der Waals surface area (Å²) in [4.78, 5) is 17.2. The second-order valence-electron chi connectivity index (χ2n) is 6.47. The van der Waals surface area contributed by atoms with Crippen molar-refractivity contribution in [2.24, 2.45) is 11.7 Å². The smallest absolute Gasteiger partial charge is 0.225 e. The summed E-state index contributed by atoms with van der Waals surface area (Å²) in [5.41, 5.74) is 7.23. The molecule has 0 saturated carbocycles. The highest BCUT2D eigenvalue weighted by Gasteiger charge is 2.29. The Balaban J connectivity index is 1.69. The monoisotopic (exact) mass is 343 g/mol. The molecule has 0 saturated heterocycles. The minimum atomic E-state index is -0.341. The van der Waals surface area contributed by atoms with E-state index in [4.69, 9.17) is 10.5 Å². The minimum absolute atomic E-state index is 0.0638. The molecule has 1 aromatic heterocycles. The average molecular weight is 343 g/mol. The van der Waals surface area contributed by atoms with E-state index in [1.54, 1.807) is 7.11 Å². The molecule has 1 aliphatic heterocycles. The number of nitrogens with zero attached hydrogens (tertiary/aromatic N) is 3. The summed E-state index contributed by atoms with van der Waals surface area (Å²) in [6.45, 7) is 3.05. The first kappa shape index (κ1) is 17.6. The zero-order valence-corrected chi connectivity index (χ0v) is 14.7. The number of carbonyl (C=O) groups excluding carboxylic acids is 1. The van der Waals surface area contributed by atoms with Gasteiger partial charge in [0.15, 0.2) is 5.82 Å². The van der Waals surface area contributed by atoms with Crippen LogP contribution in [0, 0.1) is 5.92 Å². The molecule has 7 nitrogen and oxygen atoms in total. The number of nitrogens with one attached hydrogen (secondary N) is 1. The molecule has 0 aliphatic carbocycles. The molecule has 3 rings (SSSR count). The van der Waals surface area contributed by atoms with Crippen molar-refractivity contribution < 1.29 is 9.53 Å². The molecule has 1 amide bonds. The van der Waals surface area contributed by atoms with Gasteiger partial charge in [-0.2, -0.15) is 5.10 Å². The largest absolute Gasteiger partial charge is 0.377 e. The van der Waals surface area contributed by atoms with Crippen molar-refractivity contribution in [3.8, 4) is 0 Å².